The lowest BCUT2D eigenvalue weighted by atomic mass is 9.53. The van der Waals surface area contributed by atoms with E-state index in [4.69, 9.17) is 4.42 Å². The highest BCUT2D eigenvalue weighted by atomic mass is 32.2. The average Bonchev–Trinajstić information content (AvgIpc) is 3.17. The van der Waals surface area contributed by atoms with Gasteiger partial charge in [0.15, 0.2) is 0 Å². The molecule has 4 aromatic carbocycles. The zero-order valence-electron chi connectivity index (χ0n) is 36.9. The van der Waals surface area contributed by atoms with Gasteiger partial charge in [-0.05, 0) is 155 Å². The number of benzene rings is 5. The third-order valence-corrected chi connectivity index (χ3v) is 18.5. The lowest BCUT2D eigenvalue weighted by Gasteiger charge is -2.56. The maximum absolute atomic E-state index is 14.9. The molecule has 1 heterocycles. The van der Waals surface area contributed by atoms with E-state index >= 15 is 0 Å². The smallest absolute Gasteiger partial charge is 0.296 e. The molecule has 4 aromatic rings. The van der Waals surface area contributed by atoms with Gasteiger partial charge in [0.25, 0.3) is 30.4 Å². The van der Waals surface area contributed by atoms with E-state index < -0.39 is 55.7 Å². The molecule has 0 spiro atoms. The van der Waals surface area contributed by atoms with E-state index in [0.29, 0.717) is 51.2 Å². The average molecular weight is 976 g/mol. The van der Waals surface area contributed by atoms with E-state index in [1.165, 1.54) is 32.0 Å². The Morgan fingerprint density at radius 3 is 1.79 bits per heavy atom. The van der Waals surface area contributed by atoms with Gasteiger partial charge in [-0.3, -0.25) is 13.7 Å². The fourth-order valence-corrected chi connectivity index (χ4v) is 16.0. The summed E-state index contributed by atoms with van der Waals surface area (Å²) in [5.41, 5.74) is 2.87. The predicted molar refractivity (Wildman–Crippen MR) is 249 cm³/mol. The van der Waals surface area contributed by atoms with Gasteiger partial charge in [0.1, 0.15) is 26.0 Å². The Hall–Kier alpha value is -4.99. The molecule has 0 atom stereocenters. The SMILES string of the molecule is Cc1cc(C)c(S(=O)(=O)O)c(C)c1/N=c1\cc2oc3cc(Nc4c(C)cc(C)c(S(=O)(=O)O)c4C)ccc3c(-c3ccccc3S(=O)(=O)NC34CC5CC(CC(C5)C3)C4)c-2cc1S(=O)(=O)O. The van der Waals surface area contributed by atoms with Crippen molar-refractivity contribution in [3.05, 3.63) is 105 Å². The predicted octanol–water partition coefficient (Wildman–Crippen LogP) is 9.02. The lowest BCUT2D eigenvalue weighted by molar-refractivity contribution is -0.00810. The van der Waals surface area contributed by atoms with Gasteiger partial charge in [-0.1, -0.05) is 30.3 Å². The van der Waals surface area contributed by atoms with Gasteiger partial charge in [-0.25, -0.2) is 18.1 Å². The topological polar surface area (TPSA) is 247 Å². The fourth-order valence-electron chi connectivity index (χ4n) is 11.8. The molecule has 66 heavy (non-hydrogen) atoms. The Morgan fingerprint density at radius 2 is 1.20 bits per heavy atom. The fraction of sp³-hybridized carbons (Fsp3) is 0.340. The standard InChI is InChI=1S/C47H49N3O12S4/c1-24-13-26(3)45(65(56,57)58)28(5)43(24)48-33-11-12-34-38(18-33)62-39-20-37(49-44-25(2)14-27(4)46(29(44)6)66(59,60)61)41(64(53,54)55)19-36(39)42(34)35-9-7-8-10-40(35)63(51,52)50-47-21-30-15-31(22-47)17-32(16-30)23-47/h7-14,18-20,30-32,48,50H,15-17,21-23H2,1-6H3,(H,53,54,55)(H,56,57,58)(H,59,60,61)/b49-37+. The highest BCUT2D eigenvalue weighted by molar-refractivity contribution is 7.89. The van der Waals surface area contributed by atoms with E-state index in [9.17, 15) is 47.3 Å². The van der Waals surface area contributed by atoms with Crippen LogP contribution in [0.1, 0.15) is 71.9 Å². The van der Waals surface area contributed by atoms with Crippen LogP contribution in [0.25, 0.3) is 33.4 Å². The molecule has 1 aliphatic heterocycles. The third kappa shape index (κ3) is 8.16. The Bertz CT molecular complexity index is 3550. The van der Waals surface area contributed by atoms with Crippen molar-refractivity contribution in [1.29, 1.82) is 0 Å². The second kappa shape index (κ2) is 15.8. The summed E-state index contributed by atoms with van der Waals surface area (Å²) >= 11 is 0. The number of hydrogen-bond donors (Lipinski definition) is 5. The second-order valence-electron chi connectivity index (χ2n) is 18.6. The van der Waals surface area contributed by atoms with Crippen LogP contribution in [0.5, 0.6) is 0 Å². The summed E-state index contributed by atoms with van der Waals surface area (Å²) < 4.78 is 147. The molecule has 0 amide bonds. The van der Waals surface area contributed by atoms with Crippen molar-refractivity contribution in [2.45, 2.75) is 105 Å². The van der Waals surface area contributed by atoms with Crippen LogP contribution in [0.4, 0.5) is 17.1 Å². The molecule has 4 fully saturated rings. The minimum Gasteiger partial charge on any atom is -0.456 e. The number of rotatable bonds is 10. The van der Waals surface area contributed by atoms with Crippen molar-refractivity contribution < 1.29 is 51.7 Å². The van der Waals surface area contributed by atoms with Crippen LogP contribution in [0.3, 0.4) is 0 Å². The number of aryl methyl sites for hydroxylation is 4. The van der Waals surface area contributed by atoms with Crippen molar-refractivity contribution in [2.75, 3.05) is 5.32 Å². The van der Waals surface area contributed by atoms with Crippen molar-refractivity contribution in [3.63, 3.8) is 0 Å². The first-order valence-corrected chi connectivity index (χ1v) is 27.2. The van der Waals surface area contributed by atoms with E-state index in [-0.39, 0.29) is 65.6 Å². The third-order valence-electron chi connectivity index (χ3n) is 13.7. The maximum Gasteiger partial charge on any atom is 0.296 e. The van der Waals surface area contributed by atoms with Crippen LogP contribution in [0.2, 0.25) is 0 Å². The molecule has 0 aromatic heterocycles. The molecule has 5 N–H and O–H groups in total. The van der Waals surface area contributed by atoms with Gasteiger partial charge in [0, 0.05) is 51.1 Å². The number of fused-ring (bicyclic) bond motifs is 2. The summed E-state index contributed by atoms with van der Waals surface area (Å²) in [7, 11) is -18.7. The van der Waals surface area contributed by atoms with Crippen LogP contribution in [0.15, 0.2) is 95.7 Å². The van der Waals surface area contributed by atoms with Crippen LogP contribution in [-0.2, 0) is 40.4 Å². The Kier molecular flexibility index (Phi) is 11.0. The van der Waals surface area contributed by atoms with Gasteiger partial charge >= 0.3 is 0 Å². The van der Waals surface area contributed by atoms with Crippen LogP contribution in [0, 0.1) is 59.3 Å². The number of sulfonamides is 1. The molecule has 6 aliphatic rings. The van der Waals surface area contributed by atoms with E-state index in [1.807, 2.05) is 0 Å². The lowest BCUT2D eigenvalue weighted by Crippen LogP contribution is -2.59. The Morgan fingerprint density at radius 1 is 0.621 bits per heavy atom. The number of hydrogen-bond acceptors (Lipinski definition) is 11. The van der Waals surface area contributed by atoms with E-state index in [2.05, 4.69) is 15.0 Å². The molecule has 0 unspecified atom stereocenters. The molecule has 0 saturated heterocycles. The first-order valence-electron chi connectivity index (χ1n) is 21.4. The molecule has 4 bridgehead atoms. The van der Waals surface area contributed by atoms with Crippen molar-refractivity contribution in [2.24, 2.45) is 22.7 Å². The van der Waals surface area contributed by atoms with Crippen molar-refractivity contribution in [3.8, 4) is 22.5 Å². The first kappa shape index (κ1) is 46.1. The quantitative estimate of drug-likeness (QED) is 0.0636. The summed E-state index contributed by atoms with van der Waals surface area (Å²) in [6.45, 7) is 9.44. The molecule has 348 valence electrons. The van der Waals surface area contributed by atoms with Crippen LogP contribution in [-0.4, -0.2) is 52.9 Å². The van der Waals surface area contributed by atoms with E-state index in [1.54, 1.807) is 70.2 Å². The summed E-state index contributed by atoms with van der Waals surface area (Å²) in [6.07, 6.45) is 5.52. The minimum absolute atomic E-state index is 0.00387. The Balaban J connectivity index is 1.31. The monoisotopic (exact) mass is 975 g/mol. The van der Waals surface area contributed by atoms with Gasteiger partial charge < -0.3 is 9.73 Å². The summed E-state index contributed by atoms with van der Waals surface area (Å²) in [5, 5.41) is 3.25. The van der Waals surface area contributed by atoms with E-state index in [0.717, 1.165) is 44.6 Å². The molecule has 10 rings (SSSR count). The van der Waals surface area contributed by atoms with Gasteiger partial charge in [0.05, 0.1) is 15.9 Å². The first-order chi connectivity index (χ1) is 30.7. The Labute approximate surface area is 384 Å². The zero-order chi connectivity index (χ0) is 47.6. The van der Waals surface area contributed by atoms with Gasteiger partial charge in [-0.15, -0.1) is 0 Å². The molecular weight excluding hydrogens is 927 g/mol. The number of nitrogens with zero attached hydrogens (tertiary/aromatic N) is 1. The molecule has 15 nitrogen and oxygen atoms in total. The van der Waals surface area contributed by atoms with Crippen molar-refractivity contribution >= 4 is 68.4 Å². The van der Waals surface area contributed by atoms with Crippen molar-refractivity contribution in [1.82, 2.24) is 4.72 Å². The normalized spacial score (nSPS) is 21.3. The van der Waals surface area contributed by atoms with Gasteiger partial charge in [-0.2, -0.15) is 25.3 Å². The molecule has 0 radical (unpaired) electrons. The maximum atomic E-state index is 14.9. The highest BCUT2D eigenvalue weighted by Crippen LogP contribution is 2.56. The minimum atomic E-state index is -5.11. The molecular formula is C47H49N3O12S4. The number of nitrogens with one attached hydrogen (secondary N) is 2. The molecule has 19 heteroatoms. The molecule has 4 saturated carbocycles. The summed E-state index contributed by atoms with van der Waals surface area (Å²) in [6, 6.07) is 16.8. The highest BCUT2D eigenvalue weighted by Gasteiger charge is 2.52. The van der Waals surface area contributed by atoms with Crippen LogP contribution < -0.4 is 15.4 Å². The molecule has 5 aliphatic carbocycles. The summed E-state index contributed by atoms with van der Waals surface area (Å²) in [5.74, 6) is 1.32. The zero-order valence-corrected chi connectivity index (χ0v) is 40.2. The van der Waals surface area contributed by atoms with Gasteiger partial charge in [0.2, 0.25) is 10.0 Å². The number of anilines is 2. The summed E-state index contributed by atoms with van der Waals surface area (Å²) in [4.78, 5) is 3.16. The van der Waals surface area contributed by atoms with Crippen LogP contribution >= 0.6 is 0 Å². The second-order valence-corrected chi connectivity index (χ2v) is 24.4. The largest absolute Gasteiger partial charge is 0.456 e.